The highest BCUT2D eigenvalue weighted by atomic mass is 35.5. The van der Waals surface area contributed by atoms with Crippen LogP contribution in [-0.2, 0) is 6.61 Å². The van der Waals surface area contributed by atoms with Crippen LogP contribution in [-0.4, -0.2) is 0 Å². The lowest BCUT2D eigenvalue weighted by atomic mass is 10.2. The van der Waals surface area contributed by atoms with Gasteiger partial charge in [0.15, 0.2) is 0 Å². The van der Waals surface area contributed by atoms with Gasteiger partial charge in [-0.25, -0.2) is 4.39 Å². The fraction of sp³-hybridized carbons (Fsp3) is 0.0714. The Kier molecular flexibility index (Phi) is 4.26. The normalized spacial score (nSPS) is 10.0. The van der Waals surface area contributed by atoms with Gasteiger partial charge < -0.3 is 4.74 Å². The maximum absolute atomic E-state index is 13.4. The zero-order chi connectivity index (χ0) is 13.8. The number of nitriles is 1. The number of benzene rings is 2. The number of ether oxygens (including phenoxy) is 1. The minimum absolute atomic E-state index is 0.109. The van der Waals surface area contributed by atoms with Crippen molar-refractivity contribution < 1.29 is 9.13 Å². The molecule has 0 radical (unpaired) electrons. The molecule has 0 N–H and O–H groups in total. The first-order chi connectivity index (χ1) is 9.13. The summed E-state index contributed by atoms with van der Waals surface area (Å²) >= 11 is 11.9. The van der Waals surface area contributed by atoms with Crippen LogP contribution >= 0.6 is 23.2 Å². The van der Waals surface area contributed by atoms with Gasteiger partial charge in [-0.2, -0.15) is 5.26 Å². The van der Waals surface area contributed by atoms with Gasteiger partial charge in [-0.05, 0) is 18.2 Å². The molecular formula is C14H8Cl2FNO. The molecule has 96 valence electrons. The van der Waals surface area contributed by atoms with Crippen LogP contribution in [0.15, 0.2) is 36.4 Å². The van der Waals surface area contributed by atoms with Crippen molar-refractivity contribution in [2.75, 3.05) is 0 Å². The van der Waals surface area contributed by atoms with Gasteiger partial charge in [-0.3, -0.25) is 0 Å². The molecule has 0 fully saturated rings. The monoisotopic (exact) mass is 295 g/mol. The largest absolute Gasteiger partial charge is 0.487 e. The Morgan fingerprint density at radius 3 is 2.63 bits per heavy atom. The Labute approximate surface area is 119 Å². The predicted octanol–water partition coefficient (Wildman–Crippen LogP) is 4.58. The first kappa shape index (κ1) is 13.7. The van der Waals surface area contributed by atoms with Crippen molar-refractivity contribution in [3.8, 4) is 11.8 Å². The van der Waals surface area contributed by atoms with E-state index in [4.69, 9.17) is 33.2 Å². The molecule has 2 aromatic rings. The maximum Gasteiger partial charge on any atom is 0.144 e. The SMILES string of the molecule is N#Cc1c(F)cccc1OCc1cccc(Cl)c1Cl. The molecule has 0 aliphatic heterocycles. The van der Waals surface area contributed by atoms with Gasteiger partial charge in [0.2, 0.25) is 0 Å². The Morgan fingerprint density at radius 2 is 1.89 bits per heavy atom. The van der Waals surface area contributed by atoms with E-state index >= 15 is 0 Å². The lowest BCUT2D eigenvalue weighted by Crippen LogP contribution is -1.99. The highest BCUT2D eigenvalue weighted by molar-refractivity contribution is 6.42. The van der Waals surface area contributed by atoms with Crippen LogP contribution in [0, 0.1) is 17.1 Å². The molecule has 0 amide bonds. The van der Waals surface area contributed by atoms with Gasteiger partial charge in [0, 0.05) is 5.56 Å². The molecule has 0 aliphatic carbocycles. The van der Waals surface area contributed by atoms with Crippen molar-refractivity contribution in [2.45, 2.75) is 6.61 Å². The van der Waals surface area contributed by atoms with Crippen LogP contribution in [0.3, 0.4) is 0 Å². The number of hydrogen-bond acceptors (Lipinski definition) is 2. The third kappa shape index (κ3) is 2.98. The summed E-state index contributed by atoms with van der Waals surface area (Å²) in [4.78, 5) is 0. The Morgan fingerprint density at radius 1 is 1.16 bits per heavy atom. The molecule has 2 aromatic carbocycles. The van der Waals surface area contributed by atoms with E-state index in [1.807, 2.05) is 0 Å². The quantitative estimate of drug-likeness (QED) is 0.830. The molecule has 0 saturated carbocycles. The fourth-order valence-corrected chi connectivity index (χ4v) is 1.92. The summed E-state index contributed by atoms with van der Waals surface area (Å²) in [6.07, 6.45) is 0. The molecule has 0 unspecified atom stereocenters. The van der Waals surface area contributed by atoms with Crippen molar-refractivity contribution >= 4 is 23.2 Å². The fourth-order valence-electron chi connectivity index (χ4n) is 1.55. The molecular weight excluding hydrogens is 288 g/mol. The van der Waals surface area contributed by atoms with E-state index in [1.54, 1.807) is 24.3 Å². The lowest BCUT2D eigenvalue weighted by molar-refractivity contribution is 0.303. The molecule has 0 spiro atoms. The number of halogens is 3. The Balaban J connectivity index is 2.22. The van der Waals surface area contributed by atoms with Crippen LogP contribution in [0.5, 0.6) is 5.75 Å². The number of nitrogens with zero attached hydrogens (tertiary/aromatic N) is 1. The van der Waals surface area contributed by atoms with Gasteiger partial charge in [0.1, 0.15) is 29.8 Å². The summed E-state index contributed by atoms with van der Waals surface area (Å²) in [5.74, 6) is -0.435. The third-order valence-corrected chi connectivity index (χ3v) is 3.36. The van der Waals surface area contributed by atoms with E-state index < -0.39 is 5.82 Å². The van der Waals surface area contributed by atoms with Gasteiger partial charge in [0.25, 0.3) is 0 Å². The Bertz CT molecular complexity index is 652. The zero-order valence-corrected chi connectivity index (χ0v) is 11.2. The van der Waals surface area contributed by atoms with E-state index in [0.717, 1.165) is 0 Å². The summed E-state index contributed by atoms with van der Waals surface area (Å²) in [6.45, 7) is 0.109. The highest BCUT2D eigenvalue weighted by Crippen LogP contribution is 2.27. The second kappa shape index (κ2) is 5.92. The third-order valence-electron chi connectivity index (χ3n) is 2.50. The molecule has 0 aromatic heterocycles. The van der Waals surface area contributed by atoms with E-state index in [-0.39, 0.29) is 17.9 Å². The van der Waals surface area contributed by atoms with Gasteiger partial charge in [-0.15, -0.1) is 0 Å². The van der Waals surface area contributed by atoms with Gasteiger partial charge in [-0.1, -0.05) is 41.4 Å². The molecule has 0 heterocycles. The molecule has 0 aliphatic rings. The first-order valence-electron chi connectivity index (χ1n) is 5.37. The van der Waals surface area contributed by atoms with Gasteiger partial charge >= 0.3 is 0 Å². The van der Waals surface area contributed by atoms with Crippen molar-refractivity contribution in [2.24, 2.45) is 0 Å². The summed E-state index contributed by atoms with van der Waals surface area (Å²) in [5.41, 5.74) is 0.544. The van der Waals surface area contributed by atoms with Crippen LogP contribution in [0.1, 0.15) is 11.1 Å². The topological polar surface area (TPSA) is 33.0 Å². The summed E-state index contributed by atoms with van der Waals surface area (Å²) < 4.78 is 18.8. The van der Waals surface area contributed by atoms with E-state index in [9.17, 15) is 4.39 Å². The number of hydrogen-bond donors (Lipinski definition) is 0. The standard InChI is InChI=1S/C14H8Cl2FNO/c15-11-4-1-3-9(14(11)16)8-19-13-6-2-5-12(17)10(13)7-18/h1-6H,8H2. The summed E-state index contributed by atoms with van der Waals surface area (Å²) in [5, 5.41) is 9.69. The molecule has 2 rings (SSSR count). The van der Waals surface area contributed by atoms with Crippen LogP contribution < -0.4 is 4.74 Å². The smallest absolute Gasteiger partial charge is 0.144 e. The molecule has 0 atom stereocenters. The maximum atomic E-state index is 13.4. The second-order valence-corrected chi connectivity index (χ2v) is 4.51. The van der Waals surface area contributed by atoms with Crippen LogP contribution in [0.2, 0.25) is 10.0 Å². The van der Waals surface area contributed by atoms with Gasteiger partial charge in [0.05, 0.1) is 10.0 Å². The van der Waals surface area contributed by atoms with Crippen molar-refractivity contribution in [3.05, 3.63) is 63.4 Å². The molecule has 0 saturated heterocycles. The summed E-state index contributed by atoms with van der Waals surface area (Å²) in [6, 6.07) is 11.1. The molecule has 5 heteroatoms. The van der Waals surface area contributed by atoms with Crippen molar-refractivity contribution in [1.82, 2.24) is 0 Å². The minimum Gasteiger partial charge on any atom is -0.487 e. The van der Waals surface area contributed by atoms with E-state index in [1.165, 1.54) is 18.2 Å². The Hall–Kier alpha value is -1.76. The lowest BCUT2D eigenvalue weighted by Gasteiger charge is -2.10. The van der Waals surface area contributed by atoms with E-state index in [2.05, 4.69) is 0 Å². The molecule has 2 nitrogen and oxygen atoms in total. The van der Waals surface area contributed by atoms with Crippen molar-refractivity contribution in [1.29, 1.82) is 5.26 Å². The first-order valence-corrected chi connectivity index (χ1v) is 6.13. The van der Waals surface area contributed by atoms with Crippen LogP contribution in [0.25, 0.3) is 0 Å². The molecule has 19 heavy (non-hydrogen) atoms. The minimum atomic E-state index is -0.614. The van der Waals surface area contributed by atoms with Crippen molar-refractivity contribution in [3.63, 3.8) is 0 Å². The molecule has 0 bridgehead atoms. The average molecular weight is 296 g/mol. The predicted molar refractivity (Wildman–Crippen MR) is 71.9 cm³/mol. The average Bonchev–Trinajstić information content (AvgIpc) is 2.40. The van der Waals surface area contributed by atoms with E-state index in [0.29, 0.717) is 15.6 Å². The second-order valence-electron chi connectivity index (χ2n) is 3.73. The number of rotatable bonds is 3. The zero-order valence-electron chi connectivity index (χ0n) is 9.66. The summed E-state index contributed by atoms with van der Waals surface area (Å²) in [7, 11) is 0. The highest BCUT2D eigenvalue weighted by Gasteiger charge is 2.10. The van der Waals surface area contributed by atoms with Crippen LogP contribution in [0.4, 0.5) is 4.39 Å².